The third kappa shape index (κ3) is 0.939. The van der Waals surface area contributed by atoms with Crippen molar-refractivity contribution in [2.75, 3.05) is 0 Å². The zero-order chi connectivity index (χ0) is 7.84. The summed E-state index contributed by atoms with van der Waals surface area (Å²) in [5.41, 5.74) is 1.31. The maximum Gasteiger partial charge on any atom is 0.185 e. The van der Waals surface area contributed by atoms with Crippen LogP contribution < -0.4 is 0 Å². The van der Waals surface area contributed by atoms with Crippen LogP contribution in [0.3, 0.4) is 0 Å². The van der Waals surface area contributed by atoms with Crippen LogP contribution in [0, 0.1) is 0 Å². The molecule has 2 rings (SSSR count). The van der Waals surface area contributed by atoms with Crippen LogP contribution in [0.4, 0.5) is 0 Å². The Bertz CT molecular complexity index is 245. The lowest BCUT2D eigenvalue weighted by molar-refractivity contribution is -0.193. The number of hydrogen-bond donors (Lipinski definition) is 2. The van der Waals surface area contributed by atoms with Crippen LogP contribution in [0.1, 0.15) is 23.7 Å². The molecule has 2 atom stereocenters. The molecular weight excluding hydrogens is 144 g/mol. The lowest BCUT2D eigenvalue weighted by Crippen LogP contribution is -1.94. The minimum Gasteiger partial charge on any atom is -0.364 e. The van der Waals surface area contributed by atoms with Crippen LogP contribution in [0.15, 0.2) is 24.3 Å². The van der Waals surface area contributed by atoms with Crippen molar-refractivity contribution < 1.29 is 14.9 Å². The number of aliphatic hydroxyl groups is 2. The first kappa shape index (κ1) is 6.79. The summed E-state index contributed by atoms with van der Waals surface area (Å²) in [6.45, 7) is 0. The number of ether oxygens (including phenoxy) is 1. The van der Waals surface area contributed by atoms with Crippen LogP contribution in [-0.4, -0.2) is 10.2 Å². The third-order valence-corrected chi connectivity index (χ3v) is 1.79. The average molecular weight is 152 g/mol. The SMILES string of the molecule is OC1OC(O)c2ccccc21. The van der Waals surface area contributed by atoms with Gasteiger partial charge in [0, 0.05) is 11.1 Å². The fourth-order valence-corrected chi connectivity index (χ4v) is 1.23. The van der Waals surface area contributed by atoms with E-state index in [0.717, 1.165) is 0 Å². The molecule has 1 aliphatic rings. The van der Waals surface area contributed by atoms with Crippen LogP contribution in [0.5, 0.6) is 0 Å². The Morgan fingerprint density at radius 1 is 1.00 bits per heavy atom. The maximum atomic E-state index is 9.17. The first-order valence-electron chi connectivity index (χ1n) is 3.39. The van der Waals surface area contributed by atoms with E-state index in [-0.39, 0.29) is 0 Å². The van der Waals surface area contributed by atoms with Gasteiger partial charge in [-0.1, -0.05) is 24.3 Å². The number of fused-ring (bicyclic) bond motifs is 1. The molecule has 3 nitrogen and oxygen atoms in total. The van der Waals surface area contributed by atoms with Gasteiger partial charge in [-0.05, 0) is 0 Å². The lowest BCUT2D eigenvalue weighted by atomic mass is 10.1. The highest BCUT2D eigenvalue weighted by Gasteiger charge is 2.27. The molecule has 0 saturated carbocycles. The Hall–Kier alpha value is -0.900. The predicted molar refractivity (Wildman–Crippen MR) is 37.4 cm³/mol. The van der Waals surface area contributed by atoms with Gasteiger partial charge in [0.2, 0.25) is 0 Å². The normalized spacial score (nSPS) is 28.5. The molecule has 1 aromatic carbocycles. The second kappa shape index (κ2) is 2.30. The van der Waals surface area contributed by atoms with Crippen molar-refractivity contribution in [2.45, 2.75) is 12.6 Å². The molecule has 0 radical (unpaired) electrons. The van der Waals surface area contributed by atoms with E-state index in [1.165, 1.54) is 0 Å². The number of benzene rings is 1. The molecule has 0 saturated heterocycles. The van der Waals surface area contributed by atoms with Crippen LogP contribution in [-0.2, 0) is 4.74 Å². The molecule has 3 heteroatoms. The van der Waals surface area contributed by atoms with Crippen molar-refractivity contribution >= 4 is 0 Å². The average Bonchev–Trinajstić information content (AvgIpc) is 2.30. The summed E-state index contributed by atoms with van der Waals surface area (Å²) < 4.78 is 4.74. The van der Waals surface area contributed by atoms with E-state index in [1.807, 2.05) is 0 Å². The minimum absolute atomic E-state index is 0.653. The summed E-state index contributed by atoms with van der Waals surface area (Å²) in [7, 11) is 0. The highest BCUT2D eigenvalue weighted by Crippen LogP contribution is 2.34. The summed E-state index contributed by atoms with van der Waals surface area (Å²) in [5.74, 6) is 0. The van der Waals surface area contributed by atoms with Crippen LogP contribution in [0.25, 0.3) is 0 Å². The van der Waals surface area contributed by atoms with Crippen molar-refractivity contribution in [2.24, 2.45) is 0 Å². The van der Waals surface area contributed by atoms with Crippen molar-refractivity contribution in [3.8, 4) is 0 Å². The predicted octanol–water partition coefficient (Wildman–Crippen LogP) is 0.699. The second-order valence-corrected chi connectivity index (χ2v) is 2.47. The van der Waals surface area contributed by atoms with Gasteiger partial charge in [-0.3, -0.25) is 0 Å². The smallest absolute Gasteiger partial charge is 0.185 e. The van der Waals surface area contributed by atoms with E-state index in [4.69, 9.17) is 14.9 Å². The van der Waals surface area contributed by atoms with E-state index >= 15 is 0 Å². The summed E-state index contributed by atoms with van der Waals surface area (Å²) in [6, 6.07) is 7.05. The van der Waals surface area contributed by atoms with E-state index in [9.17, 15) is 0 Å². The van der Waals surface area contributed by atoms with Gasteiger partial charge < -0.3 is 14.9 Å². The van der Waals surface area contributed by atoms with Crippen molar-refractivity contribution in [3.63, 3.8) is 0 Å². The Morgan fingerprint density at radius 3 is 1.91 bits per heavy atom. The molecule has 1 aliphatic heterocycles. The van der Waals surface area contributed by atoms with Crippen LogP contribution in [0.2, 0.25) is 0 Å². The number of hydrogen-bond acceptors (Lipinski definition) is 3. The summed E-state index contributed by atoms with van der Waals surface area (Å²) in [4.78, 5) is 0. The Balaban J connectivity index is 2.52. The van der Waals surface area contributed by atoms with Crippen molar-refractivity contribution in [1.29, 1.82) is 0 Å². The molecule has 1 heterocycles. The quantitative estimate of drug-likeness (QED) is 0.575. The molecule has 2 N–H and O–H groups in total. The molecule has 11 heavy (non-hydrogen) atoms. The van der Waals surface area contributed by atoms with E-state index in [1.54, 1.807) is 24.3 Å². The van der Waals surface area contributed by atoms with Gasteiger partial charge in [0.15, 0.2) is 12.6 Å². The first-order valence-corrected chi connectivity index (χ1v) is 3.39. The molecule has 2 unspecified atom stereocenters. The summed E-state index contributed by atoms with van der Waals surface area (Å²) >= 11 is 0. The number of rotatable bonds is 0. The van der Waals surface area contributed by atoms with Crippen LogP contribution >= 0.6 is 0 Å². The zero-order valence-corrected chi connectivity index (χ0v) is 5.77. The maximum absolute atomic E-state index is 9.17. The molecular formula is C8H8O3. The highest BCUT2D eigenvalue weighted by atomic mass is 16.7. The first-order chi connectivity index (χ1) is 5.29. The zero-order valence-electron chi connectivity index (χ0n) is 5.77. The van der Waals surface area contributed by atoms with Gasteiger partial charge in [-0.2, -0.15) is 0 Å². The third-order valence-electron chi connectivity index (χ3n) is 1.79. The molecule has 0 aliphatic carbocycles. The Labute approximate surface area is 63.9 Å². The fraction of sp³-hybridized carbons (Fsp3) is 0.250. The van der Waals surface area contributed by atoms with Gasteiger partial charge in [0.1, 0.15) is 0 Å². The molecule has 58 valence electrons. The lowest BCUT2D eigenvalue weighted by Gasteiger charge is -2.01. The largest absolute Gasteiger partial charge is 0.364 e. The Morgan fingerprint density at radius 2 is 1.45 bits per heavy atom. The molecule has 0 fully saturated rings. The van der Waals surface area contributed by atoms with Gasteiger partial charge in [-0.15, -0.1) is 0 Å². The monoisotopic (exact) mass is 152 g/mol. The van der Waals surface area contributed by atoms with Gasteiger partial charge in [-0.25, -0.2) is 0 Å². The van der Waals surface area contributed by atoms with Crippen molar-refractivity contribution in [3.05, 3.63) is 35.4 Å². The van der Waals surface area contributed by atoms with Gasteiger partial charge in [0.05, 0.1) is 0 Å². The molecule has 0 amide bonds. The molecule has 0 aromatic heterocycles. The number of aliphatic hydroxyl groups excluding tert-OH is 2. The van der Waals surface area contributed by atoms with Gasteiger partial charge >= 0.3 is 0 Å². The molecule has 0 spiro atoms. The van der Waals surface area contributed by atoms with E-state index in [2.05, 4.69) is 0 Å². The molecule has 1 aromatic rings. The van der Waals surface area contributed by atoms with E-state index < -0.39 is 12.6 Å². The van der Waals surface area contributed by atoms with E-state index in [0.29, 0.717) is 11.1 Å². The summed E-state index contributed by atoms with van der Waals surface area (Å²) in [6.07, 6.45) is -1.94. The van der Waals surface area contributed by atoms with Gasteiger partial charge in [0.25, 0.3) is 0 Å². The highest BCUT2D eigenvalue weighted by molar-refractivity contribution is 5.31. The Kier molecular flexibility index (Phi) is 1.42. The topological polar surface area (TPSA) is 49.7 Å². The summed E-state index contributed by atoms with van der Waals surface area (Å²) in [5, 5.41) is 18.3. The molecule has 0 bridgehead atoms. The fourth-order valence-electron chi connectivity index (χ4n) is 1.23. The second-order valence-electron chi connectivity index (χ2n) is 2.47. The minimum atomic E-state index is -0.971. The van der Waals surface area contributed by atoms with Crippen molar-refractivity contribution in [1.82, 2.24) is 0 Å². The standard InChI is InChI=1S/C8H8O3/c9-7-5-3-1-2-4-6(5)8(10)11-7/h1-4,7-10H.